The van der Waals surface area contributed by atoms with Crippen molar-refractivity contribution in [1.82, 2.24) is 30.1 Å². The molecule has 0 aliphatic heterocycles. The van der Waals surface area contributed by atoms with Crippen LogP contribution in [0.25, 0.3) is 10.9 Å². The molecule has 0 saturated heterocycles. The third-order valence-corrected chi connectivity index (χ3v) is 6.40. The van der Waals surface area contributed by atoms with Gasteiger partial charge in [0.1, 0.15) is 5.75 Å². The van der Waals surface area contributed by atoms with Gasteiger partial charge in [-0.25, -0.2) is 4.68 Å². The first-order valence-electron chi connectivity index (χ1n) is 12.4. The minimum absolute atomic E-state index is 0.0449. The summed E-state index contributed by atoms with van der Waals surface area (Å²) in [6.07, 6.45) is 2.67. The highest BCUT2D eigenvalue weighted by molar-refractivity contribution is 5.80. The van der Waals surface area contributed by atoms with Crippen LogP contribution in [0, 0.1) is 0 Å². The standard InChI is InChI=1S/C27H34N6O3/c1-4-8-25(26-29-30-31-33(26)15-16-35-2)32(14-13-20-9-6-5-7-10-20)19-22-17-21-11-12-23(36-3)18-24(21)28-27(22)34/h5-7,9-12,17-18,25H,4,8,13-16,19H2,1-3H3,(H,28,34)/t25-/m1/s1. The third kappa shape index (κ3) is 6.16. The summed E-state index contributed by atoms with van der Waals surface area (Å²) in [7, 11) is 3.29. The topological polar surface area (TPSA) is 98.2 Å². The number of pyridine rings is 1. The van der Waals surface area contributed by atoms with Crippen molar-refractivity contribution in [2.75, 3.05) is 27.4 Å². The summed E-state index contributed by atoms with van der Waals surface area (Å²) in [5.41, 5.74) is 2.61. The second kappa shape index (κ2) is 12.4. The second-order valence-electron chi connectivity index (χ2n) is 8.84. The van der Waals surface area contributed by atoms with Crippen LogP contribution < -0.4 is 10.3 Å². The van der Waals surface area contributed by atoms with Crippen LogP contribution in [0.1, 0.15) is 42.8 Å². The lowest BCUT2D eigenvalue weighted by atomic mass is 10.1. The Hall–Kier alpha value is -3.56. The number of tetrazole rings is 1. The molecule has 0 saturated carbocycles. The number of nitrogens with one attached hydrogen (secondary N) is 1. The normalized spacial score (nSPS) is 12.3. The summed E-state index contributed by atoms with van der Waals surface area (Å²) in [6.45, 7) is 4.48. The first-order valence-corrected chi connectivity index (χ1v) is 12.4. The minimum atomic E-state index is -0.102. The molecule has 0 fully saturated rings. The average Bonchev–Trinajstić information content (AvgIpc) is 3.37. The molecule has 4 aromatic rings. The van der Waals surface area contributed by atoms with Crippen LogP contribution in [0.3, 0.4) is 0 Å². The fourth-order valence-electron chi connectivity index (χ4n) is 4.49. The van der Waals surface area contributed by atoms with Gasteiger partial charge in [0, 0.05) is 31.8 Å². The van der Waals surface area contributed by atoms with Crippen LogP contribution in [0.4, 0.5) is 0 Å². The SMILES string of the molecule is CCC[C@H](c1nnnn1CCOC)N(CCc1ccccc1)Cc1cc2ccc(OC)cc2[nH]c1=O. The van der Waals surface area contributed by atoms with Gasteiger partial charge in [-0.2, -0.15) is 0 Å². The zero-order valence-electron chi connectivity index (χ0n) is 21.2. The Morgan fingerprint density at radius 1 is 1.11 bits per heavy atom. The van der Waals surface area contributed by atoms with Crippen LogP contribution in [-0.4, -0.2) is 57.5 Å². The monoisotopic (exact) mass is 490 g/mol. The van der Waals surface area contributed by atoms with E-state index < -0.39 is 0 Å². The largest absolute Gasteiger partial charge is 0.497 e. The number of fused-ring (bicyclic) bond motifs is 1. The lowest BCUT2D eigenvalue weighted by Gasteiger charge is -2.31. The molecular formula is C27H34N6O3. The Balaban J connectivity index is 1.68. The Labute approximate surface area is 211 Å². The summed E-state index contributed by atoms with van der Waals surface area (Å²) in [6, 6.07) is 18.0. The highest BCUT2D eigenvalue weighted by atomic mass is 16.5. The molecule has 0 amide bonds. The van der Waals surface area contributed by atoms with Crippen LogP contribution in [0.5, 0.6) is 5.75 Å². The number of aromatic nitrogens is 5. The van der Waals surface area contributed by atoms with Gasteiger partial charge in [0.25, 0.3) is 5.56 Å². The summed E-state index contributed by atoms with van der Waals surface area (Å²) >= 11 is 0. The number of rotatable bonds is 13. The average molecular weight is 491 g/mol. The molecule has 2 aromatic heterocycles. The van der Waals surface area contributed by atoms with E-state index in [1.165, 1.54) is 5.56 Å². The number of hydrogen-bond donors (Lipinski definition) is 1. The van der Waals surface area contributed by atoms with E-state index in [-0.39, 0.29) is 11.6 Å². The molecule has 9 heteroatoms. The molecule has 0 bridgehead atoms. The maximum atomic E-state index is 13.1. The Kier molecular flexibility index (Phi) is 8.80. The van der Waals surface area contributed by atoms with E-state index in [1.807, 2.05) is 35.0 Å². The fourth-order valence-corrected chi connectivity index (χ4v) is 4.49. The lowest BCUT2D eigenvalue weighted by molar-refractivity contribution is 0.154. The minimum Gasteiger partial charge on any atom is -0.497 e. The predicted octanol–water partition coefficient (Wildman–Crippen LogP) is 3.76. The van der Waals surface area contributed by atoms with E-state index in [0.717, 1.165) is 42.5 Å². The zero-order chi connectivity index (χ0) is 25.3. The van der Waals surface area contributed by atoms with Crippen molar-refractivity contribution in [1.29, 1.82) is 0 Å². The van der Waals surface area contributed by atoms with E-state index in [1.54, 1.807) is 14.2 Å². The number of nitrogens with zero attached hydrogens (tertiary/aromatic N) is 5. The molecule has 36 heavy (non-hydrogen) atoms. The van der Waals surface area contributed by atoms with Crippen LogP contribution in [0.15, 0.2) is 59.4 Å². The summed E-state index contributed by atoms with van der Waals surface area (Å²) in [4.78, 5) is 18.5. The number of H-pyrrole nitrogens is 1. The zero-order valence-corrected chi connectivity index (χ0v) is 21.2. The maximum Gasteiger partial charge on any atom is 0.252 e. The van der Waals surface area contributed by atoms with Gasteiger partial charge in [0.2, 0.25) is 0 Å². The van der Waals surface area contributed by atoms with Gasteiger partial charge < -0.3 is 14.5 Å². The molecule has 0 aliphatic carbocycles. The van der Waals surface area contributed by atoms with Gasteiger partial charge in [0.15, 0.2) is 5.82 Å². The van der Waals surface area contributed by atoms with Crippen LogP contribution >= 0.6 is 0 Å². The van der Waals surface area contributed by atoms with Crippen molar-refractivity contribution in [2.45, 2.75) is 45.3 Å². The molecular weight excluding hydrogens is 456 g/mol. The second-order valence-corrected chi connectivity index (χ2v) is 8.84. The van der Waals surface area contributed by atoms with Crippen LogP contribution in [-0.2, 0) is 24.2 Å². The summed E-state index contributed by atoms with van der Waals surface area (Å²) < 4.78 is 12.4. The molecule has 0 aliphatic rings. The predicted molar refractivity (Wildman–Crippen MR) is 139 cm³/mol. The maximum absolute atomic E-state index is 13.1. The summed E-state index contributed by atoms with van der Waals surface area (Å²) in [5.74, 6) is 1.50. The third-order valence-electron chi connectivity index (χ3n) is 6.40. The van der Waals surface area contributed by atoms with Gasteiger partial charge in [-0.05, 0) is 52.4 Å². The smallest absolute Gasteiger partial charge is 0.252 e. The van der Waals surface area contributed by atoms with Gasteiger partial charge >= 0.3 is 0 Å². The van der Waals surface area contributed by atoms with Crippen molar-refractivity contribution >= 4 is 10.9 Å². The molecule has 1 N–H and O–H groups in total. The van der Waals surface area contributed by atoms with Gasteiger partial charge in [-0.1, -0.05) is 43.7 Å². The van der Waals surface area contributed by atoms with E-state index in [2.05, 4.69) is 56.6 Å². The lowest BCUT2D eigenvalue weighted by Crippen LogP contribution is -2.34. The number of methoxy groups -OCH3 is 2. The van der Waals surface area contributed by atoms with Crippen LogP contribution in [0.2, 0.25) is 0 Å². The number of hydrogen-bond acceptors (Lipinski definition) is 7. The first kappa shape index (κ1) is 25.5. The molecule has 1 atom stereocenters. The van der Waals surface area contributed by atoms with Crippen molar-refractivity contribution in [2.24, 2.45) is 0 Å². The fraction of sp³-hybridized carbons (Fsp3) is 0.407. The Morgan fingerprint density at radius 3 is 2.69 bits per heavy atom. The molecule has 9 nitrogen and oxygen atoms in total. The summed E-state index contributed by atoms with van der Waals surface area (Å²) in [5, 5.41) is 13.5. The number of benzene rings is 2. The van der Waals surface area contributed by atoms with Gasteiger partial charge in [-0.3, -0.25) is 9.69 Å². The highest BCUT2D eigenvalue weighted by Gasteiger charge is 2.26. The highest BCUT2D eigenvalue weighted by Crippen LogP contribution is 2.27. The van der Waals surface area contributed by atoms with E-state index in [0.29, 0.717) is 31.0 Å². The Bertz CT molecular complexity index is 1300. The van der Waals surface area contributed by atoms with Gasteiger partial charge in [-0.15, -0.1) is 5.10 Å². The molecule has 0 radical (unpaired) electrons. The number of aromatic amines is 1. The molecule has 190 valence electrons. The van der Waals surface area contributed by atoms with Gasteiger partial charge in [0.05, 0.1) is 31.8 Å². The number of ether oxygens (including phenoxy) is 2. The molecule has 0 unspecified atom stereocenters. The molecule has 2 aromatic carbocycles. The van der Waals surface area contributed by atoms with Crippen molar-refractivity contribution in [3.63, 3.8) is 0 Å². The molecule has 2 heterocycles. The van der Waals surface area contributed by atoms with E-state index >= 15 is 0 Å². The van der Waals surface area contributed by atoms with Crippen molar-refractivity contribution < 1.29 is 9.47 Å². The molecule has 4 rings (SSSR count). The quantitative estimate of drug-likeness (QED) is 0.305. The first-order chi connectivity index (χ1) is 17.6. The van der Waals surface area contributed by atoms with Crippen molar-refractivity contribution in [3.05, 3.63) is 81.9 Å². The van der Waals surface area contributed by atoms with Crippen molar-refractivity contribution in [3.8, 4) is 5.75 Å². The van der Waals surface area contributed by atoms with E-state index in [9.17, 15) is 4.79 Å². The molecule has 0 spiro atoms. The Morgan fingerprint density at radius 2 is 1.94 bits per heavy atom. The van der Waals surface area contributed by atoms with E-state index in [4.69, 9.17) is 9.47 Å².